The van der Waals surface area contributed by atoms with Crippen LogP contribution in [0.4, 0.5) is 11.4 Å². The number of ether oxygens (including phenoxy) is 1. The van der Waals surface area contributed by atoms with Gasteiger partial charge < -0.3 is 25.5 Å². The van der Waals surface area contributed by atoms with Crippen LogP contribution >= 0.6 is 24.0 Å². The highest BCUT2D eigenvalue weighted by atomic mass is 127. The topological polar surface area (TPSA) is 102 Å². The molecule has 0 fully saturated rings. The molecule has 0 aliphatic heterocycles. The third-order valence-electron chi connectivity index (χ3n) is 3.73. The van der Waals surface area contributed by atoms with Crippen LogP contribution < -0.4 is 21.1 Å². The van der Waals surface area contributed by atoms with Gasteiger partial charge in [-0.05, 0) is 42.0 Å². The molecule has 0 saturated heterocycles. The fourth-order valence-electron chi connectivity index (χ4n) is 2.36. The third-order valence-corrected chi connectivity index (χ3v) is 3.73. The van der Waals surface area contributed by atoms with Crippen molar-refractivity contribution in [3.8, 4) is 5.75 Å². The van der Waals surface area contributed by atoms with Gasteiger partial charge in [-0.1, -0.05) is 18.2 Å². The number of anilines is 2. The van der Waals surface area contributed by atoms with E-state index in [0.717, 1.165) is 17.0 Å². The molecular weight excluding hydrogens is 471 g/mol. The van der Waals surface area contributed by atoms with Crippen molar-refractivity contribution >= 4 is 47.2 Å². The van der Waals surface area contributed by atoms with Crippen LogP contribution in [0.5, 0.6) is 5.75 Å². The Morgan fingerprint density at radius 3 is 2.54 bits per heavy atom. The second-order valence-electron chi connectivity index (χ2n) is 5.69. The Balaban J connectivity index is 0.00000280. The summed E-state index contributed by atoms with van der Waals surface area (Å²) < 4.78 is 10.2. The number of nitrogens with one attached hydrogen (secondary N) is 2. The van der Waals surface area contributed by atoms with Crippen LogP contribution in [0.1, 0.15) is 16.1 Å². The molecule has 0 bridgehead atoms. The third kappa shape index (κ3) is 6.02. The van der Waals surface area contributed by atoms with Gasteiger partial charge in [0.15, 0.2) is 11.7 Å². The summed E-state index contributed by atoms with van der Waals surface area (Å²) in [6.45, 7) is 0.412. The van der Waals surface area contributed by atoms with Crippen LogP contribution in [-0.4, -0.2) is 19.0 Å². The smallest absolute Gasteiger partial charge is 0.291 e. The minimum Gasteiger partial charge on any atom is -0.497 e. The number of furan rings is 1. The van der Waals surface area contributed by atoms with Crippen molar-refractivity contribution in [1.29, 1.82) is 0 Å². The van der Waals surface area contributed by atoms with Gasteiger partial charge in [0.1, 0.15) is 5.75 Å². The second-order valence-corrected chi connectivity index (χ2v) is 5.69. The van der Waals surface area contributed by atoms with Crippen LogP contribution in [0, 0.1) is 0 Å². The van der Waals surface area contributed by atoms with Crippen molar-refractivity contribution in [2.75, 3.05) is 17.7 Å². The molecule has 0 spiro atoms. The standard InChI is InChI=1S/C20H20N4O3.HI/c1-26-17-5-2-4-16(12-17)24-20(21)22-13-14-7-9-15(10-8-14)23-19(25)18-6-3-11-27-18;/h2-12H,13H2,1H3,(H,23,25)(H3,21,22,24);1H. The zero-order valence-electron chi connectivity index (χ0n) is 15.2. The van der Waals surface area contributed by atoms with E-state index in [1.165, 1.54) is 6.26 Å². The highest BCUT2D eigenvalue weighted by Gasteiger charge is 2.08. The number of nitrogens with zero attached hydrogens (tertiary/aromatic N) is 1. The second kappa shape index (κ2) is 10.4. The minimum atomic E-state index is -0.294. The van der Waals surface area contributed by atoms with Crippen LogP contribution in [0.15, 0.2) is 76.3 Å². The number of methoxy groups -OCH3 is 1. The number of guanidine groups is 1. The lowest BCUT2D eigenvalue weighted by Gasteiger charge is -2.08. The first-order valence-electron chi connectivity index (χ1n) is 8.29. The maximum atomic E-state index is 11.9. The van der Waals surface area contributed by atoms with E-state index in [9.17, 15) is 4.79 Å². The summed E-state index contributed by atoms with van der Waals surface area (Å²) in [5.41, 5.74) is 8.36. The van der Waals surface area contributed by atoms with E-state index in [2.05, 4.69) is 15.6 Å². The van der Waals surface area contributed by atoms with Gasteiger partial charge in [-0.3, -0.25) is 4.79 Å². The van der Waals surface area contributed by atoms with E-state index in [4.69, 9.17) is 14.9 Å². The molecular formula is C20H21IN4O3. The molecule has 146 valence electrons. The van der Waals surface area contributed by atoms with Crippen LogP contribution in [0.3, 0.4) is 0 Å². The van der Waals surface area contributed by atoms with Crippen molar-refractivity contribution in [3.63, 3.8) is 0 Å². The molecule has 0 saturated carbocycles. The molecule has 3 aromatic rings. The van der Waals surface area contributed by atoms with E-state index in [0.29, 0.717) is 18.2 Å². The van der Waals surface area contributed by atoms with E-state index >= 15 is 0 Å². The van der Waals surface area contributed by atoms with Gasteiger partial charge in [0.2, 0.25) is 0 Å². The summed E-state index contributed by atoms with van der Waals surface area (Å²) >= 11 is 0. The van der Waals surface area contributed by atoms with E-state index in [-0.39, 0.29) is 35.6 Å². The lowest BCUT2D eigenvalue weighted by atomic mass is 10.2. The fraction of sp³-hybridized carbons (Fsp3) is 0.100. The van der Waals surface area contributed by atoms with Crippen LogP contribution in [-0.2, 0) is 6.54 Å². The van der Waals surface area contributed by atoms with Crippen molar-refractivity contribution in [1.82, 2.24) is 0 Å². The number of aliphatic imine (C=N–C) groups is 1. The molecule has 4 N–H and O–H groups in total. The van der Waals surface area contributed by atoms with Gasteiger partial charge in [-0.15, -0.1) is 24.0 Å². The number of rotatable bonds is 6. The fourth-order valence-corrected chi connectivity index (χ4v) is 2.36. The first-order chi connectivity index (χ1) is 13.1. The summed E-state index contributed by atoms with van der Waals surface area (Å²) in [4.78, 5) is 16.3. The van der Waals surface area contributed by atoms with Gasteiger partial charge in [0, 0.05) is 17.4 Å². The van der Waals surface area contributed by atoms with Crippen molar-refractivity contribution in [3.05, 3.63) is 78.3 Å². The van der Waals surface area contributed by atoms with Crippen molar-refractivity contribution < 1.29 is 13.9 Å². The molecule has 0 aliphatic carbocycles. The molecule has 0 aliphatic rings. The number of hydrogen-bond donors (Lipinski definition) is 3. The number of halogens is 1. The molecule has 3 rings (SSSR count). The van der Waals surface area contributed by atoms with Crippen LogP contribution in [0.25, 0.3) is 0 Å². The first-order valence-corrected chi connectivity index (χ1v) is 8.29. The molecule has 1 aromatic heterocycles. The molecule has 0 unspecified atom stereocenters. The Hall–Kier alpha value is -3.01. The SMILES string of the molecule is COc1cccc(NC(N)=NCc2ccc(NC(=O)c3ccco3)cc2)c1.I. The minimum absolute atomic E-state index is 0. The summed E-state index contributed by atoms with van der Waals surface area (Å²) in [5, 5.41) is 5.78. The van der Waals surface area contributed by atoms with Gasteiger partial charge in [0.25, 0.3) is 5.91 Å². The summed E-state index contributed by atoms with van der Waals surface area (Å²) in [6, 6.07) is 18.1. The van der Waals surface area contributed by atoms with Gasteiger partial charge in [0.05, 0.1) is 19.9 Å². The molecule has 1 heterocycles. The zero-order valence-corrected chi connectivity index (χ0v) is 17.5. The Bertz CT molecular complexity index is 925. The summed E-state index contributed by atoms with van der Waals surface area (Å²) in [7, 11) is 1.61. The number of benzene rings is 2. The van der Waals surface area contributed by atoms with E-state index in [1.807, 2.05) is 36.4 Å². The number of nitrogens with two attached hydrogens (primary N) is 1. The lowest BCUT2D eigenvalue weighted by molar-refractivity contribution is 0.0996. The molecule has 1 amide bonds. The summed E-state index contributed by atoms with van der Waals surface area (Å²) in [5.74, 6) is 1.01. The highest BCUT2D eigenvalue weighted by molar-refractivity contribution is 14.0. The quantitative estimate of drug-likeness (QED) is 0.274. The molecule has 7 nitrogen and oxygen atoms in total. The molecule has 2 aromatic carbocycles. The first kappa shape index (κ1) is 21.3. The number of carbonyl (C=O) groups is 1. The average Bonchev–Trinajstić information content (AvgIpc) is 3.22. The Kier molecular flexibility index (Phi) is 7.88. The zero-order chi connectivity index (χ0) is 19.1. The maximum absolute atomic E-state index is 11.9. The monoisotopic (exact) mass is 492 g/mol. The maximum Gasteiger partial charge on any atom is 0.291 e. The van der Waals surface area contributed by atoms with Crippen LogP contribution in [0.2, 0.25) is 0 Å². The largest absolute Gasteiger partial charge is 0.497 e. The number of hydrogen-bond acceptors (Lipinski definition) is 4. The predicted octanol–water partition coefficient (Wildman–Crippen LogP) is 4.09. The number of amides is 1. The lowest BCUT2D eigenvalue weighted by Crippen LogP contribution is -2.22. The van der Waals surface area contributed by atoms with Gasteiger partial charge in [-0.25, -0.2) is 4.99 Å². The van der Waals surface area contributed by atoms with Gasteiger partial charge in [-0.2, -0.15) is 0 Å². The Morgan fingerprint density at radius 1 is 1.07 bits per heavy atom. The molecule has 0 radical (unpaired) electrons. The van der Waals surface area contributed by atoms with Crippen molar-refractivity contribution in [2.24, 2.45) is 10.7 Å². The highest BCUT2D eigenvalue weighted by Crippen LogP contribution is 2.16. The number of carbonyl (C=O) groups excluding carboxylic acids is 1. The Morgan fingerprint density at radius 2 is 1.86 bits per heavy atom. The van der Waals surface area contributed by atoms with E-state index in [1.54, 1.807) is 31.4 Å². The Labute approximate surface area is 180 Å². The summed E-state index contributed by atoms with van der Waals surface area (Å²) in [6.07, 6.45) is 1.46. The average molecular weight is 492 g/mol. The normalized spacial score (nSPS) is 10.7. The predicted molar refractivity (Wildman–Crippen MR) is 120 cm³/mol. The van der Waals surface area contributed by atoms with E-state index < -0.39 is 0 Å². The molecule has 0 atom stereocenters. The molecule has 8 heteroatoms. The van der Waals surface area contributed by atoms with Crippen molar-refractivity contribution in [2.45, 2.75) is 6.54 Å². The van der Waals surface area contributed by atoms with Gasteiger partial charge >= 0.3 is 0 Å². The molecule has 28 heavy (non-hydrogen) atoms.